The summed E-state index contributed by atoms with van der Waals surface area (Å²) in [7, 11) is 0. The van der Waals surface area contributed by atoms with Crippen molar-refractivity contribution >= 4 is 11.6 Å². The van der Waals surface area contributed by atoms with E-state index in [-0.39, 0.29) is 5.56 Å². The van der Waals surface area contributed by atoms with Crippen LogP contribution in [-0.2, 0) is 4.79 Å². The SMILES string of the molecule is Cc1cccc(NC(C(N)=O)c2cccc(F)c2F)c1. The molecule has 0 saturated heterocycles. The van der Waals surface area contributed by atoms with Crippen molar-refractivity contribution in [3.8, 4) is 0 Å². The van der Waals surface area contributed by atoms with Crippen molar-refractivity contribution in [1.29, 1.82) is 0 Å². The highest BCUT2D eigenvalue weighted by Crippen LogP contribution is 2.23. The first-order valence-electron chi connectivity index (χ1n) is 6.05. The molecule has 0 fully saturated rings. The number of benzene rings is 2. The van der Waals surface area contributed by atoms with Gasteiger partial charge in [-0.25, -0.2) is 8.78 Å². The van der Waals surface area contributed by atoms with Crippen LogP contribution in [0.25, 0.3) is 0 Å². The Balaban J connectivity index is 2.37. The van der Waals surface area contributed by atoms with Crippen LogP contribution in [0, 0.1) is 18.6 Å². The molecule has 0 aliphatic carbocycles. The molecule has 0 spiro atoms. The van der Waals surface area contributed by atoms with Crippen LogP contribution >= 0.6 is 0 Å². The van der Waals surface area contributed by atoms with Crippen molar-refractivity contribution in [1.82, 2.24) is 0 Å². The fourth-order valence-corrected chi connectivity index (χ4v) is 1.95. The van der Waals surface area contributed by atoms with Gasteiger partial charge >= 0.3 is 0 Å². The van der Waals surface area contributed by atoms with Crippen LogP contribution < -0.4 is 11.1 Å². The van der Waals surface area contributed by atoms with Gasteiger partial charge in [-0.15, -0.1) is 0 Å². The number of hydrogen-bond acceptors (Lipinski definition) is 2. The van der Waals surface area contributed by atoms with E-state index >= 15 is 0 Å². The molecule has 1 unspecified atom stereocenters. The van der Waals surface area contributed by atoms with Crippen LogP contribution in [0.5, 0.6) is 0 Å². The summed E-state index contributed by atoms with van der Waals surface area (Å²) in [4.78, 5) is 11.5. The van der Waals surface area contributed by atoms with Crippen molar-refractivity contribution < 1.29 is 13.6 Å². The van der Waals surface area contributed by atoms with Gasteiger partial charge in [0.25, 0.3) is 0 Å². The molecule has 20 heavy (non-hydrogen) atoms. The van der Waals surface area contributed by atoms with Gasteiger partial charge in [0.2, 0.25) is 5.91 Å². The molecule has 2 aromatic rings. The summed E-state index contributed by atoms with van der Waals surface area (Å²) in [6.45, 7) is 1.88. The highest BCUT2D eigenvalue weighted by atomic mass is 19.2. The van der Waals surface area contributed by atoms with E-state index in [0.29, 0.717) is 5.69 Å². The van der Waals surface area contributed by atoms with E-state index in [0.717, 1.165) is 11.6 Å². The van der Waals surface area contributed by atoms with Gasteiger partial charge in [-0.2, -0.15) is 0 Å². The molecule has 104 valence electrons. The largest absolute Gasteiger partial charge is 0.370 e. The Morgan fingerprint density at radius 2 is 1.90 bits per heavy atom. The second kappa shape index (κ2) is 5.69. The molecule has 0 bridgehead atoms. The van der Waals surface area contributed by atoms with E-state index in [2.05, 4.69) is 5.32 Å². The first kappa shape index (κ1) is 14.0. The highest BCUT2D eigenvalue weighted by Gasteiger charge is 2.23. The number of amides is 1. The molecule has 0 saturated carbocycles. The molecule has 0 heterocycles. The molecule has 5 heteroatoms. The molecule has 3 nitrogen and oxygen atoms in total. The maximum atomic E-state index is 13.8. The number of anilines is 1. The van der Waals surface area contributed by atoms with Crippen LogP contribution in [0.1, 0.15) is 17.2 Å². The number of halogens is 2. The highest BCUT2D eigenvalue weighted by molar-refractivity contribution is 5.84. The standard InChI is InChI=1S/C15H14F2N2O/c1-9-4-2-5-10(8-9)19-14(15(18)20)11-6-3-7-12(16)13(11)17/h2-8,14,19H,1H3,(H2,18,20). The lowest BCUT2D eigenvalue weighted by Gasteiger charge is -2.18. The Morgan fingerprint density at radius 3 is 2.55 bits per heavy atom. The Hall–Kier alpha value is -2.43. The smallest absolute Gasteiger partial charge is 0.244 e. The predicted molar refractivity (Wildman–Crippen MR) is 73.1 cm³/mol. The molecule has 0 aliphatic heterocycles. The quantitative estimate of drug-likeness (QED) is 0.902. The van der Waals surface area contributed by atoms with E-state index < -0.39 is 23.6 Å². The normalized spacial score (nSPS) is 11.9. The summed E-state index contributed by atoms with van der Waals surface area (Å²) in [5, 5.41) is 2.82. The van der Waals surface area contributed by atoms with Crippen molar-refractivity contribution in [2.45, 2.75) is 13.0 Å². The third kappa shape index (κ3) is 2.93. The van der Waals surface area contributed by atoms with E-state index in [1.807, 2.05) is 13.0 Å². The number of rotatable bonds is 4. The lowest BCUT2D eigenvalue weighted by Crippen LogP contribution is -2.28. The van der Waals surface area contributed by atoms with Crippen LogP contribution in [-0.4, -0.2) is 5.91 Å². The van der Waals surface area contributed by atoms with E-state index in [1.165, 1.54) is 12.1 Å². The first-order valence-corrected chi connectivity index (χ1v) is 6.05. The average molecular weight is 276 g/mol. The third-order valence-corrected chi connectivity index (χ3v) is 2.91. The summed E-state index contributed by atoms with van der Waals surface area (Å²) in [6, 6.07) is 9.70. The number of aryl methyl sites for hydroxylation is 1. The first-order chi connectivity index (χ1) is 9.49. The topological polar surface area (TPSA) is 55.1 Å². The van der Waals surface area contributed by atoms with Crippen molar-refractivity contribution in [2.75, 3.05) is 5.32 Å². The summed E-state index contributed by atoms with van der Waals surface area (Å²) in [5.74, 6) is -2.87. The molecule has 3 N–H and O–H groups in total. The number of nitrogens with two attached hydrogens (primary N) is 1. The van der Waals surface area contributed by atoms with Crippen molar-refractivity contribution in [2.24, 2.45) is 5.73 Å². The molecular formula is C15H14F2N2O. The zero-order valence-electron chi connectivity index (χ0n) is 10.9. The Bertz CT molecular complexity index is 644. The Labute approximate surface area is 115 Å². The van der Waals surface area contributed by atoms with Gasteiger partial charge in [0.1, 0.15) is 6.04 Å². The van der Waals surface area contributed by atoms with Gasteiger partial charge in [0.15, 0.2) is 11.6 Å². The summed E-state index contributed by atoms with van der Waals surface area (Å²) >= 11 is 0. The maximum Gasteiger partial charge on any atom is 0.244 e. The molecule has 2 rings (SSSR count). The van der Waals surface area contributed by atoms with Crippen molar-refractivity contribution in [3.05, 3.63) is 65.2 Å². The van der Waals surface area contributed by atoms with Gasteiger partial charge in [-0.1, -0.05) is 24.3 Å². The second-order valence-electron chi connectivity index (χ2n) is 4.49. The molecule has 1 amide bonds. The fourth-order valence-electron chi connectivity index (χ4n) is 1.95. The Morgan fingerprint density at radius 1 is 1.20 bits per heavy atom. The van der Waals surface area contributed by atoms with Crippen LogP contribution in [0.15, 0.2) is 42.5 Å². The molecule has 1 atom stereocenters. The summed E-state index contributed by atoms with van der Waals surface area (Å²) in [5.41, 5.74) is 6.75. The van der Waals surface area contributed by atoms with Crippen molar-refractivity contribution in [3.63, 3.8) is 0 Å². The minimum Gasteiger partial charge on any atom is -0.370 e. The minimum absolute atomic E-state index is 0.112. The van der Waals surface area contributed by atoms with Gasteiger partial charge in [0, 0.05) is 11.3 Å². The maximum absolute atomic E-state index is 13.8. The average Bonchev–Trinajstić information content (AvgIpc) is 2.39. The fraction of sp³-hybridized carbons (Fsp3) is 0.133. The number of primary amides is 1. The van der Waals surface area contributed by atoms with Crippen LogP contribution in [0.3, 0.4) is 0 Å². The van der Waals surface area contributed by atoms with Gasteiger partial charge in [-0.05, 0) is 30.7 Å². The summed E-state index contributed by atoms with van der Waals surface area (Å²) in [6.07, 6.45) is 0. The molecule has 0 radical (unpaired) electrons. The number of hydrogen-bond donors (Lipinski definition) is 2. The van der Waals surface area contributed by atoms with Gasteiger partial charge < -0.3 is 11.1 Å². The number of carbonyl (C=O) groups is 1. The third-order valence-electron chi connectivity index (χ3n) is 2.91. The van der Waals surface area contributed by atoms with Crippen LogP contribution in [0.2, 0.25) is 0 Å². The number of nitrogens with one attached hydrogen (secondary N) is 1. The number of carbonyl (C=O) groups excluding carboxylic acids is 1. The van der Waals surface area contributed by atoms with E-state index in [9.17, 15) is 13.6 Å². The zero-order chi connectivity index (χ0) is 14.7. The lowest BCUT2D eigenvalue weighted by molar-refractivity contribution is -0.118. The zero-order valence-corrected chi connectivity index (χ0v) is 10.9. The lowest BCUT2D eigenvalue weighted by atomic mass is 10.0. The van der Waals surface area contributed by atoms with E-state index in [4.69, 9.17) is 5.73 Å². The Kier molecular flexibility index (Phi) is 3.98. The molecule has 2 aromatic carbocycles. The van der Waals surface area contributed by atoms with Gasteiger partial charge in [-0.3, -0.25) is 4.79 Å². The predicted octanol–water partition coefficient (Wildman–Crippen LogP) is 2.91. The van der Waals surface area contributed by atoms with Gasteiger partial charge in [0.05, 0.1) is 0 Å². The summed E-state index contributed by atoms with van der Waals surface area (Å²) < 4.78 is 27.0. The minimum atomic E-state index is -1.13. The molecular weight excluding hydrogens is 262 g/mol. The van der Waals surface area contributed by atoms with E-state index in [1.54, 1.807) is 18.2 Å². The second-order valence-corrected chi connectivity index (χ2v) is 4.49. The molecule has 0 aromatic heterocycles. The monoisotopic (exact) mass is 276 g/mol. The molecule has 0 aliphatic rings. The van der Waals surface area contributed by atoms with Crippen LogP contribution in [0.4, 0.5) is 14.5 Å².